The first-order valence-electron chi connectivity index (χ1n) is 6.19. The maximum atomic E-state index is 5.86. The van der Waals surface area contributed by atoms with Crippen LogP contribution >= 0.6 is 0 Å². The van der Waals surface area contributed by atoms with Crippen molar-refractivity contribution in [2.45, 2.75) is 19.1 Å². The minimum Gasteiger partial charge on any atom is -0.472 e. The van der Waals surface area contributed by atoms with Gasteiger partial charge in [-0.1, -0.05) is 48.5 Å². The van der Waals surface area contributed by atoms with E-state index >= 15 is 0 Å². The third-order valence-electron chi connectivity index (χ3n) is 3.16. The minimum absolute atomic E-state index is 0.0857. The summed E-state index contributed by atoms with van der Waals surface area (Å²) >= 11 is 0. The summed E-state index contributed by atoms with van der Waals surface area (Å²) in [6, 6.07) is 20.5. The Morgan fingerprint density at radius 3 is 2.17 bits per heavy atom. The average Bonchev–Trinajstić information content (AvgIpc) is 2.83. The lowest BCUT2D eigenvalue weighted by atomic mass is 10.0. The van der Waals surface area contributed by atoms with Crippen LogP contribution in [-0.2, 0) is 4.74 Å². The van der Waals surface area contributed by atoms with E-state index in [1.54, 1.807) is 0 Å². The molecule has 18 heavy (non-hydrogen) atoms. The Hall–Kier alpha value is -2.09. The molecule has 1 aliphatic heterocycles. The summed E-state index contributed by atoms with van der Waals surface area (Å²) in [6.45, 7) is 2.07. The lowest BCUT2D eigenvalue weighted by molar-refractivity contribution is 0.214. The molecule has 2 aromatic carbocycles. The van der Waals surface area contributed by atoms with Crippen molar-refractivity contribution in [1.29, 1.82) is 0 Å². The zero-order valence-electron chi connectivity index (χ0n) is 10.3. The van der Waals surface area contributed by atoms with Crippen molar-refractivity contribution in [2.24, 2.45) is 4.99 Å². The zero-order chi connectivity index (χ0) is 12.4. The predicted molar refractivity (Wildman–Crippen MR) is 72.7 cm³/mol. The maximum absolute atomic E-state index is 5.86. The number of aliphatic imine (C=N–C) groups is 1. The molecule has 0 bridgehead atoms. The third kappa shape index (κ3) is 2.02. The summed E-state index contributed by atoms with van der Waals surface area (Å²) in [4.78, 5) is 4.70. The van der Waals surface area contributed by atoms with Crippen LogP contribution in [0, 0.1) is 0 Å². The number of ether oxygens (including phenoxy) is 1. The van der Waals surface area contributed by atoms with Gasteiger partial charge in [-0.05, 0) is 24.6 Å². The van der Waals surface area contributed by atoms with Crippen molar-refractivity contribution in [2.75, 3.05) is 0 Å². The summed E-state index contributed by atoms with van der Waals surface area (Å²) < 4.78 is 5.86. The molecular formula is C16H15NO. The molecule has 0 saturated carbocycles. The van der Waals surface area contributed by atoms with Crippen molar-refractivity contribution >= 4 is 5.90 Å². The van der Waals surface area contributed by atoms with E-state index in [1.165, 1.54) is 5.56 Å². The van der Waals surface area contributed by atoms with Crippen LogP contribution in [0.3, 0.4) is 0 Å². The van der Waals surface area contributed by atoms with Crippen molar-refractivity contribution in [1.82, 2.24) is 0 Å². The molecule has 0 N–H and O–H groups in total. The van der Waals surface area contributed by atoms with Gasteiger partial charge in [-0.15, -0.1) is 0 Å². The smallest absolute Gasteiger partial charge is 0.217 e. The molecule has 2 unspecified atom stereocenters. The number of hydrogen-bond acceptors (Lipinski definition) is 2. The molecule has 0 spiro atoms. The van der Waals surface area contributed by atoms with Gasteiger partial charge in [0.15, 0.2) is 0 Å². The van der Waals surface area contributed by atoms with Crippen LogP contribution in [-0.4, -0.2) is 12.0 Å². The Morgan fingerprint density at radius 2 is 1.50 bits per heavy atom. The van der Waals surface area contributed by atoms with Gasteiger partial charge in [0.2, 0.25) is 5.90 Å². The highest BCUT2D eigenvalue weighted by Gasteiger charge is 2.28. The normalized spacial score (nSPS) is 22.4. The molecule has 0 aromatic heterocycles. The van der Waals surface area contributed by atoms with Crippen LogP contribution in [0.1, 0.15) is 24.1 Å². The fourth-order valence-corrected chi connectivity index (χ4v) is 2.22. The molecule has 0 aliphatic carbocycles. The van der Waals surface area contributed by atoms with Gasteiger partial charge in [0.05, 0.1) is 0 Å². The molecule has 0 saturated heterocycles. The highest BCUT2D eigenvalue weighted by molar-refractivity contribution is 5.95. The lowest BCUT2D eigenvalue weighted by Crippen LogP contribution is -2.12. The Bertz CT molecular complexity index is 548. The van der Waals surface area contributed by atoms with Crippen molar-refractivity contribution in [3.8, 4) is 0 Å². The Kier molecular flexibility index (Phi) is 2.85. The topological polar surface area (TPSA) is 21.6 Å². The van der Waals surface area contributed by atoms with E-state index in [0.717, 1.165) is 11.5 Å². The molecule has 2 aromatic rings. The average molecular weight is 237 g/mol. The van der Waals surface area contributed by atoms with Crippen LogP contribution in [0.25, 0.3) is 0 Å². The van der Waals surface area contributed by atoms with Gasteiger partial charge in [0.1, 0.15) is 12.1 Å². The zero-order valence-corrected chi connectivity index (χ0v) is 10.3. The van der Waals surface area contributed by atoms with E-state index in [4.69, 9.17) is 9.73 Å². The van der Waals surface area contributed by atoms with E-state index in [-0.39, 0.29) is 12.1 Å². The van der Waals surface area contributed by atoms with E-state index in [0.29, 0.717) is 0 Å². The molecule has 1 heterocycles. The van der Waals surface area contributed by atoms with Crippen LogP contribution in [0.2, 0.25) is 0 Å². The van der Waals surface area contributed by atoms with Gasteiger partial charge in [-0.3, -0.25) is 0 Å². The second-order valence-electron chi connectivity index (χ2n) is 4.48. The fraction of sp³-hybridized carbons (Fsp3) is 0.188. The Morgan fingerprint density at radius 1 is 0.889 bits per heavy atom. The van der Waals surface area contributed by atoms with Crippen LogP contribution in [0.15, 0.2) is 65.7 Å². The number of rotatable bonds is 2. The SMILES string of the molecule is CC1OC(c2ccccc2)=NC1c1ccccc1. The van der Waals surface area contributed by atoms with Crippen molar-refractivity contribution in [3.05, 3.63) is 71.8 Å². The molecule has 2 atom stereocenters. The largest absolute Gasteiger partial charge is 0.472 e. The number of nitrogens with zero attached hydrogens (tertiary/aromatic N) is 1. The first-order valence-corrected chi connectivity index (χ1v) is 6.19. The molecule has 0 radical (unpaired) electrons. The summed E-state index contributed by atoms with van der Waals surface area (Å²) in [5.74, 6) is 0.747. The van der Waals surface area contributed by atoms with Crippen molar-refractivity contribution < 1.29 is 4.74 Å². The van der Waals surface area contributed by atoms with Gasteiger partial charge in [0.25, 0.3) is 0 Å². The predicted octanol–water partition coefficient (Wildman–Crippen LogP) is 3.59. The van der Waals surface area contributed by atoms with E-state index in [9.17, 15) is 0 Å². The van der Waals surface area contributed by atoms with Gasteiger partial charge < -0.3 is 4.74 Å². The highest BCUT2D eigenvalue weighted by atomic mass is 16.5. The fourth-order valence-electron chi connectivity index (χ4n) is 2.22. The monoisotopic (exact) mass is 237 g/mol. The van der Waals surface area contributed by atoms with Gasteiger partial charge in [-0.2, -0.15) is 0 Å². The second-order valence-corrected chi connectivity index (χ2v) is 4.48. The molecule has 3 rings (SSSR count). The number of benzene rings is 2. The van der Waals surface area contributed by atoms with E-state index < -0.39 is 0 Å². The van der Waals surface area contributed by atoms with Gasteiger partial charge >= 0.3 is 0 Å². The van der Waals surface area contributed by atoms with Crippen LogP contribution < -0.4 is 0 Å². The molecule has 0 amide bonds. The molecule has 2 nitrogen and oxygen atoms in total. The Balaban J connectivity index is 1.92. The number of hydrogen-bond donors (Lipinski definition) is 0. The van der Waals surface area contributed by atoms with Crippen LogP contribution in [0.4, 0.5) is 0 Å². The Labute approximate surface area is 107 Å². The molecule has 1 aliphatic rings. The summed E-state index contributed by atoms with van der Waals surface area (Å²) in [7, 11) is 0. The van der Waals surface area contributed by atoms with Crippen molar-refractivity contribution in [3.63, 3.8) is 0 Å². The highest BCUT2D eigenvalue weighted by Crippen LogP contribution is 2.30. The minimum atomic E-state index is 0.0857. The summed E-state index contributed by atoms with van der Waals surface area (Å²) in [6.07, 6.45) is 0.0857. The molecule has 0 fully saturated rings. The van der Waals surface area contributed by atoms with Crippen LogP contribution in [0.5, 0.6) is 0 Å². The summed E-state index contributed by atoms with van der Waals surface area (Å²) in [5.41, 5.74) is 2.25. The standard InChI is InChI=1S/C16H15NO/c1-12-15(13-8-4-2-5-9-13)17-16(18-12)14-10-6-3-7-11-14/h2-12,15H,1H3. The molecule has 90 valence electrons. The lowest BCUT2D eigenvalue weighted by Gasteiger charge is -2.12. The summed E-state index contributed by atoms with van der Waals surface area (Å²) in [5, 5.41) is 0. The third-order valence-corrected chi connectivity index (χ3v) is 3.16. The second kappa shape index (κ2) is 4.65. The van der Waals surface area contributed by atoms with Gasteiger partial charge in [0, 0.05) is 5.56 Å². The first-order chi connectivity index (χ1) is 8.84. The van der Waals surface area contributed by atoms with Gasteiger partial charge in [-0.25, -0.2) is 4.99 Å². The van der Waals surface area contributed by atoms with E-state index in [2.05, 4.69) is 19.1 Å². The quantitative estimate of drug-likeness (QED) is 0.782. The molecule has 2 heteroatoms. The molecular weight excluding hydrogens is 222 g/mol. The first kappa shape index (κ1) is 11.0. The maximum Gasteiger partial charge on any atom is 0.217 e. The van der Waals surface area contributed by atoms with E-state index in [1.807, 2.05) is 48.5 Å².